The Morgan fingerprint density at radius 1 is 0.938 bits per heavy atom. The summed E-state index contributed by atoms with van der Waals surface area (Å²) in [4.78, 5) is 14.4. The van der Waals surface area contributed by atoms with Crippen LogP contribution in [0.1, 0.15) is 5.56 Å². The van der Waals surface area contributed by atoms with Crippen molar-refractivity contribution in [2.24, 2.45) is 0 Å². The maximum absolute atomic E-state index is 11.5. The summed E-state index contributed by atoms with van der Waals surface area (Å²) in [5.41, 5.74) is 1.64. The van der Waals surface area contributed by atoms with Crippen molar-refractivity contribution >= 4 is 21.7 Å². The van der Waals surface area contributed by atoms with Gasteiger partial charge < -0.3 is 4.98 Å². The average Bonchev–Trinajstić information content (AvgIpc) is 2.28. The summed E-state index contributed by atoms with van der Waals surface area (Å²) in [5, 5.41) is 3.42. The maximum atomic E-state index is 11.5. The van der Waals surface area contributed by atoms with E-state index in [0.29, 0.717) is 0 Å². The number of nitrogens with one attached hydrogen (secondary N) is 1. The first kappa shape index (κ1) is 9.16. The molecule has 0 fully saturated rings. The van der Waals surface area contributed by atoms with Gasteiger partial charge in [0.05, 0.1) is 0 Å². The van der Waals surface area contributed by atoms with Gasteiger partial charge in [0.1, 0.15) is 0 Å². The molecule has 3 aromatic rings. The lowest BCUT2D eigenvalue weighted by Crippen LogP contribution is -2.08. The molecule has 3 rings (SSSR count). The lowest BCUT2D eigenvalue weighted by Gasteiger charge is -2.02. The van der Waals surface area contributed by atoms with Gasteiger partial charge in [-0.3, -0.25) is 4.79 Å². The highest BCUT2D eigenvalue weighted by Crippen LogP contribution is 2.20. The first-order chi connectivity index (χ1) is 7.74. The fourth-order valence-corrected chi connectivity index (χ4v) is 2.01. The Kier molecular flexibility index (Phi) is 1.83. The summed E-state index contributed by atoms with van der Waals surface area (Å²) in [6.45, 7) is 1.83. The Morgan fingerprint density at radius 2 is 1.62 bits per heavy atom. The summed E-state index contributed by atoms with van der Waals surface area (Å²) in [6, 6.07) is 14.2. The Labute approximate surface area is 92.5 Å². The monoisotopic (exact) mass is 209 g/mol. The van der Waals surface area contributed by atoms with Crippen LogP contribution in [0.2, 0.25) is 0 Å². The van der Waals surface area contributed by atoms with Crippen LogP contribution in [0.3, 0.4) is 0 Å². The fraction of sp³-hybridized carbons (Fsp3) is 0.0714. The molecule has 78 valence electrons. The van der Waals surface area contributed by atoms with Gasteiger partial charge in [0.2, 0.25) is 0 Å². The number of pyridine rings is 1. The van der Waals surface area contributed by atoms with Gasteiger partial charge in [-0.25, -0.2) is 0 Å². The number of rotatable bonds is 0. The minimum atomic E-state index is -0.0113. The van der Waals surface area contributed by atoms with Gasteiger partial charge in [0.25, 0.3) is 5.56 Å². The van der Waals surface area contributed by atoms with Crippen LogP contribution in [0.15, 0.2) is 47.3 Å². The van der Waals surface area contributed by atoms with E-state index in [2.05, 4.69) is 17.1 Å². The molecule has 0 aliphatic heterocycles. The van der Waals surface area contributed by atoms with Gasteiger partial charge in [-0.15, -0.1) is 0 Å². The van der Waals surface area contributed by atoms with Crippen molar-refractivity contribution in [3.63, 3.8) is 0 Å². The van der Waals surface area contributed by atoms with Crippen molar-refractivity contribution in [2.75, 3.05) is 0 Å². The second-order valence-electron chi connectivity index (χ2n) is 4.07. The standard InChI is InChI=1S/C14H11NO/c1-9-6-12-7-10-4-2-3-5-11(10)8-13(12)15-14(9)16/h2-8H,1H3,(H,15,16). The summed E-state index contributed by atoms with van der Waals surface area (Å²) in [6.07, 6.45) is 0. The number of hydrogen-bond acceptors (Lipinski definition) is 1. The highest BCUT2D eigenvalue weighted by atomic mass is 16.1. The van der Waals surface area contributed by atoms with E-state index in [0.717, 1.165) is 21.9 Å². The minimum absolute atomic E-state index is 0.0113. The van der Waals surface area contributed by atoms with Gasteiger partial charge >= 0.3 is 0 Å². The normalized spacial score (nSPS) is 11.1. The summed E-state index contributed by atoms with van der Waals surface area (Å²) in [7, 11) is 0. The predicted octanol–water partition coefficient (Wildman–Crippen LogP) is 2.99. The van der Waals surface area contributed by atoms with Crippen LogP contribution in [0.4, 0.5) is 0 Å². The molecule has 0 atom stereocenters. The van der Waals surface area contributed by atoms with Crippen molar-refractivity contribution in [3.05, 3.63) is 58.4 Å². The molecule has 0 spiro atoms. The van der Waals surface area contributed by atoms with Gasteiger partial charge in [0.15, 0.2) is 0 Å². The van der Waals surface area contributed by atoms with E-state index in [1.807, 2.05) is 37.3 Å². The first-order valence-electron chi connectivity index (χ1n) is 5.26. The zero-order chi connectivity index (χ0) is 11.1. The summed E-state index contributed by atoms with van der Waals surface area (Å²) >= 11 is 0. The molecule has 1 heterocycles. The van der Waals surface area contributed by atoms with Gasteiger partial charge in [-0.2, -0.15) is 0 Å². The van der Waals surface area contributed by atoms with Crippen molar-refractivity contribution < 1.29 is 0 Å². The molecule has 2 nitrogen and oxygen atoms in total. The van der Waals surface area contributed by atoms with Crippen LogP contribution in [0, 0.1) is 6.92 Å². The Morgan fingerprint density at radius 3 is 2.38 bits per heavy atom. The smallest absolute Gasteiger partial charge is 0.251 e. The van der Waals surface area contributed by atoms with E-state index in [1.165, 1.54) is 5.39 Å². The van der Waals surface area contributed by atoms with Crippen LogP contribution in [-0.2, 0) is 0 Å². The number of aromatic amines is 1. The summed E-state index contributed by atoms with van der Waals surface area (Å²) < 4.78 is 0. The number of hydrogen-bond donors (Lipinski definition) is 1. The van der Waals surface area contributed by atoms with Crippen molar-refractivity contribution in [3.8, 4) is 0 Å². The Balaban J connectivity index is 2.51. The van der Waals surface area contributed by atoms with Crippen molar-refractivity contribution in [1.82, 2.24) is 4.98 Å². The number of aromatic nitrogens is 1. The largest absolute Gasteiger partial charge is 0.322 e. The Hall–Kier alpha value is -2.09. The van der Waals surface area contributed by atoms with Gasteiger partial charge in [-0.1, -0.05) is 24.3 Å². The van der Waals surface area contributed by atoms with Crippen molar-refractivity contribution in [2.45, 2.75) is 6.92 Å². The Bertz CT molecular complexity index is 740. The second kappa shape index (κ2) is 3.20. The molecule has 2 aromatic carbocycles. The van der Waals surface area contributed by atoms with E-state index in [1.54, 1.807) is 0 Å². The molecule has 1 N–H and O–H groups in total. The third-order valence-corrected chi connectivity index (χ3v) is 2.90. The fourth-order valence-electron chi connectivity index (χ4n) is 2.01. The number of aryl methyl sites for hydroxylation is 1. The molecule has 16 heavy (non-hydrogen) atoms. The molecule has 0 aliphatic rings. The molecule has 0 radical (unpaired) electrons. The molecular weight excluding hydrogens is 198 g/mol. The van der Waals surface area contributed by atoms with Crippen LogP contribution < -0.4 is 5.56 Å². The third-order valence-electron chi connectivity index (χ3n) is 2.90. The molecule has 2 heteroatoms. The third kappa shape index (κ3) is 1.31. The molecule has 0 amide bonds. The second-order valence-corrected chi connectivity index (χ2v) is 4.07. The van der Waals surface area contributed by atoms with Crippen LogP contribution >= 0.6 is 0 Å². The molecule has 0 unspecified atom stereocenters. The van der Waals surface area contributed by atoms with E-state index in [9.17, 15) is 4.79 Å². The van der Waals surface area contributed by atoms with Crippen LogP contribution in [0.25, 0.3) is 21.7 Å². The molecule has 1 aromatic heterocycles. The quantitative estimate of drug-likeness (QED) is 0.567. The molecule has 0 bridgehead atoms. The highest BCUT2D eigenvalue weighted by Gasteiger charge is 2.00. The maximum Gasteiger partial charge on any atom is 0.251 e. The molecule has 0 saturated carbocycles. The van der Waals surface area contributed by atoms with E-state index >= 15 is 0 Å². The van der Waals surface area contributed by atoms with E-state index < -0.39 is 0 Å². The topological polar surface area (TPSA) is 32.9 Å². The lowest BCUT2D eigenvalue weighted by molar-refractivity contribution is 1.24. The molecule has 0 saturated heterocycles. The van der Waals surface area contributed by atoms with Gasteiger partial charge in [-0.05, 0) is 41.3 Å². The number of H-pyrrole nitrogens is 1. The van der Waals surface area contributed by atoms with E-state index in [-0.39, 0.29) is 5.56 Å². The van der Waals surface area contributed by atoms with Crippen molar-refractivity contribution in [1.29, 1.82) is 0 Å². The van der Waals surface area contributed by atoms with Crippen LogP contribution in [-0.4, -0.2) is 4.98 Å². The number of benzene rings is 2. The molecule has 0 aliphatic carbocycles. The van der Waals surface area contributed by atoms with E-state index in [4.69, 9.17) is 0 Å². The highest BCUT2D eigenvalue weighted by molar-refractivity contribution is 5.96. The van der Waals surface area contributed by atoms with Crippen LogP contribution in [0.5, 0.6) is 0 Å². The lowest BCUT2D eigenvalue weighted by atomic mass is 10.1. The zero-order valence-corrected chi connectivity index (χ0v) is 8.95. The zero-order valence-electron chi connectivity index (χ0n) is 8.95. The summed E-state index contributed by atoms with van der Waals surface area (Å²) in [5.74, 6) is 0. The molecular formula is C14H11NO. The predicted molar refractivity (Wildman–Crippen MR) is 66.8 cm³/mol. The van der Waals surface area contributed by atoms with Gasteiger partial charge in [0, 0.05) is 11.1 Å². The minimum Gasteiger partial charge on any atom is -0.322 e. The first-order valence-corrected chi connectivity index (χ1v) is 5.26. The average molecular weight is 209 g/mol. The number of fused-ring (bicyclic) bond motifs is 2. The SMILES string of the molecule is Cc1cc2cc3ccccc3cc2[nH]c1=O.